The van der Waals surface area contributed by atoms with Gasteiger partial charge in [-0.2, -0.15) is 0 Å². The Balaban J connectivity index is 1.59. The zero-order chi connectivity index (χ0) is 25.7. The molecule has 1 heterocycles. The molecule has 0 radical (unpaired) electrons. The topological polar surface area (TPSA) is 111 Å². The van der Waals surface area contributed by atoms with Crippen molar-refractivity contribution in [3.8, 4) is 11.5 Å². The van der Waals surface area contributed by atoms with Gasteiger partial charge in [-0.15, -0.1) is 0 Å². The molecule has 0 aliphatic rings. The first kappa shape index (κ1) is 24.8. The maximum atomic E-state index is 13.2. The van der Waals surface area contributed by atoms with Gasteiger partial charge in [0.2, 0.25) is 0 Å². The van der Waals surface area contributed by atoms with E-state index in [1.807, 2.05) is 6.92 Å². The van der Waals surface area contributed by atoms with Crippen molar-refractivity contribution in [3.05, 3.63) is 83.0 Å². The van der Waals surface area contributed by atoms with Crippen molar-refractivity contribution >= 4 is 55.9 Å². The van der Waals surface area contributed by atoms with E-state index in [-0.39, 0.29) is 5.69 Å². The predicted octanol–water partition coefficient (Wildman–Crippen LogP) is 4.77. The van der Waals surface area contributed by atoms with Crippen LogP contribution in [0.15, 0.2) is 77.3 Å². The number of nitrogens with zero attached hydrogens (tertiary/aromatic N) is 1. The Morgan fingerprint density at radius 1 is 0.917 bits per heavy atom. The lowest BCUT2D eigenvalue weighted by atomic mass is 10.2. The molecular formula is C26H23BrN4O5. The standard InChI is InChI=1S/C26H23BrN4O5/c1-3-36-19-11-9-18(10-12-19)28-24(32)22-15-16-14-17(27)8-13-21(16)31(22)30-26(34)25(33)29-20-6-4-5-7-23(20)35-2/h4-15H,3H2,1-2H3,(H,28,32)(H,29,33)(H,30,34). The number of methoxy groups -OCH3 is 1. The largest absolute Gasteiger partial charge is 0.495 e. The molecule has 3 aromatic carbocycles. The number of para-hydroxylation sites is 2. The maximum Gasteiger partial charge on any atom is 0.328 e. The number of benzene rings is 3. The number of ether oxygens (including phenoxy) is 2. The fraction of sp³-hybridized carbons (Fsp3) is 0.115. The second kappa shape index (κ2) is 11.0. The second-order valence-electron chi connectivity index (χ2n) is 7.57. The fourth-order valence-electron chi connectivity index (χ4n) is 3.55. The van der Waals surface area contributed by atoms with Gasteiger partial charge in [0.1, 0.15) is 17.2 Å². The molecular weight excluding hydrogens is 528 g/mol. The van der Waals surface area contributed by atoms with E-state index in [2.05, 4.69) is 32.0 Å². The van der Waals surface area contributed by atoms with E-state index in [1.165, 1.54) is 11.8 Å². The molecule has 0 aliphatic carbocycles. The van der Waals surface area contributed by atoms with Gasteiger partial charge in [0.05, 0.1) is 24.9 Å². The number of halogens is 1. The summed E-state index contributed by atoms with van der Waals surface area (Å²) in [6.07, 6.45) is 0. The zero-order valence-corrected chi connectivity index (χ0v) is 21.1. The van der Waals surface area contributed by atoms with E-state index in [9.17, 15) is 14.4 Å². The Labute approximate surface area is 215 Å². The van der Waals surface area contributed by atoms with Crippen LogP contribution in [0.4, 0.5) is 11.4 Å². The van der Waals surface area contributed by atoms with E-state index in [4.69, 9.17) is 9.47 Å². The third-order valence-electron chi connectivity index (χ3n) is 5.19. The van der Waals surface area contributed by atoms with Crippen LogP contribution in [0.5, 0.6) is 11.5 Å². The Kier molecular flexibility index (Phi) is 7.55. The molecule has 3 amide bonds. The molecule has 9 nitrogen and oxygen atoms in total. The van der Waals surface area contributed by atoms with Gasteiger partial charge in [-0.05, 0) is 67.6 Å². The molecule has 0 fully saturated rings. The molecule has 0 unspecified atom stereocenters. The molecule has 36 heavy (non-hydrogen) atoms. The Bertz CT molecular complexity index is 1430. The fourth-order valence-corrected chi connectivity index (χ4v) is 3.93. The molecule has 0 saturated carbocycles. The quantitative estimate of drug-likeness (QED) is 0.287. The molecule has 0 bridgehead atoms. The number of anilines is 2. The minimum absolute atomic E-state index is 0.135. The lowest BCUT2D eigenvalue weighted by molar-refractivity contribution is -0.133. The van der Waals surface area contributed by atoms with Crippen LogP contribution in [0.3, 0.4) is 0 Å². The van der Waals surface area contributed by atoms with Crippen LogP contribution in [0.1, 0.15) is 17.4 Å². The highest BCUT2D eigenvalue weighted by atomic mass is 79.9. The molecule has 10 heteroatoms. The molecule has 184 valence electrons. The van der Waals surface area contributed by atoms with Crippen LogP contribution in [0, 0.1) is 0 Å². The number of amides is 3. The van der Waals surface area contributed by atoms with E-state index in [0.29, 0.717) is 40.4 Å². The lowest BCUT2D eigenvalue weighted by Crippen LogP contribution is -2.36. The molecule has 0 spiro atoms. The van der Waals surface area contributed by atoms with E-state index < -0.39 is 17.7 Å². The smallest absolute Gasteiger partial charge is 0.328 e. The van der Waals surface area contributed by atoms with Gasteiger partial charge in [0.15, 0.2) is 0 Å². The van der Waals surface area contributed by atoms with Crippen LogP contribution in [-0.2, 0) is 9.59 Å². The first-order valence-electron chi connectivity index (χ1n) is 11.0. The third kappa shape index (κ3) is 5.49. The summed E-state index contributed by atoms with van der Waals surface area (Å²) in [4.78, 5) is 38.6. The molecule has 0 atom stereocenters. The summed E-state index contributed by atoms with van der Waals surface area (Å²) >= 11 is 3.42. The third-order valence-corrected chi connectivity index (χ3v) is 5.69. The number of rotatable bonds is 7. The van der Waals surface area contributed by atoms with Crippen molar-refractivity contribution in [2.24, 2.45) is 0 Å². The van der Waals surface area contributed by atoms with Crippen LogP contribution in [0.2, 0.25) is 0 Å². The molecule has 1 aromatic heterocycles. The Morgan fingerprint density at radius 3 is 2.39 bits per heavy atom. The minimum Gasteiger partial charge on any atom is -0.495 e. The van der Waals surface area contributed by atoms with Gasteiger partial charge in [0, 0.05) is 15.5 Å². The summed E-state index contributed by atoms with van der Waals surface area (Å²) in [6, 6.07) is 20.6. The van der Waals surface area contributed by atoms with Crippen LogP contribution in [-0.4, -0.2) is 36.1 Å². The van der Waals surface area contributed by atoms with Gasteiger partial charge in [-0.1, -0.05) is 28.1 Å². The normalized spacial score (nSPS) is 10.5. The number of nitrogens with one attached hydrogen (secondary N) is 3. The molecule has 3 N–H and O–H groups in total. The zero-order valence-electron chi connectivity index (χ0n) is 19.5. The van der Waals surface area contributed by atoms with Crippen molar-refractivity contribution in [2.45, 2.75) is 6.92 Å². The number of carbonyl (C=O) groups excluding carboxylic acids is 3. The summed E-state index contributed by atoms with van der Waals surface area (Å²) in [5.74, 6) is -1.27. The van der Waals surface area contributed by atoms with Crippen molar-refractivity contribution < 1.29 is 23.9 Å². The summed E-state index contributed by atoms with van der Waals surface area (Å²) in [7, 11) is 1.46. The highest BCUT2D eigenvalue weighted by Crippen LogP contribution is 2.25. The summed E-state index contributed by atoms with van der Waals surface area (Å²) in [5.41, 5.74) is 4.09. The van der Waals surface area contributed by atoms with Gasteiger partial charge < -0.3 is 20.1 Å². The Morgan fingerprint density at radius 2 is 1.67 bits per heavy atom. The lowest BCUT2D eigenvalue weighted by Gasteiger charge is -2.14. The van der Waals surface area contributed by atoms with Crippen molar-refractivity contribution in [2.75, 3.05) is 29.8 Å². The average Bonchev–Trinajstić information content (AvgIpc) is 3.23. The summed E-state index contributed by atoms with van der Waals surface area (Å²) in [5, 5.41) is 6.02. The van der Waals surface area contributed by atoms with Crippen molar-refractivity contribution in [3.63, 3.8) is 0 Å². The molecule has 4 rings (SSSR count). The van der Waals surface area contributed by atoms with Crippen molar-refractivity contribution in [1.29, 1.82) is 0 Å². The number of aromatic nitrogens is 1. The number of hydrogen-bond donors (Lipinski definition) is 3. The van der Waals surface area contributed by atoms with Gasteiger partial charge in [0.25, 0.3) is 5.91 Å². The van der Waals surface area contributed by atoms with Gasteiger partial charge in [-0.25, -0.2) is 4.68 Å². The van der Waals surface area contributed by atoms with E-state index >= 15 is 0 Å². The maximum absolute atomic E-state index is 13.2. The SMILES string of the molecule is CCOc1ccc(NC(=O)c2cc3cc(Br)ccc3n2NC(=O)C(=O)Nc2ccccc2OC)cc1. The molecule has 4 aromatic rings. The van der Waals surface area contributed by atoms with Crippen molar-refractivity contribution in [1.82, 2.24) is 4.68 Å². The van der Waals surface area contributed by atoms with E-state index in [1.54, 1.807) is 72.8 Å². The highest BCUT2D eigenvalue weighted by Gasteiger charge is 2.22. The summed E-state index contributed by atoms with van der Waals surface area (Å²) < 4.78 is 12.7. The average molecular weight is 551 g/mol. The van der Waals surface area contributed by atoms with Crippen LogP contribution >= 0.6 is 15.9 Å². The minimum atomic E-state index is -0.962. The number of hydrogen-bond acceptors (Lipinski definition) is 5. The van der Waals surface area contributed by atoms with Gasteiger partial charge >= 0.3 is 11.8 Å². The summed E-state index contributed by atoms with van der Waals surface area (Å²) in [6.45, 7) is 2.42. The first-order chi connectivity index (χ1) is 17.4. The predicted molar refractivity (Wildman–Crippen MR) is 141 cm³/mol. The van der Waals surface area contributed by atoms with Crippen LogP contribution < -0.4 is 25.5 Å². The first-order valence-corrected chi connectivity index (χ1v) is 11.8. The second-order valence-corrected chi connectivity index (χ2v) is 8.49. The number of carbonyl (C=O) groups is 3. The number of fused-ring (bicyclic) bond motifs is 1. The van der Waals surface area contributed by atoms with E-state index in [0.717, 1.165) is 4.47 Å². The molecule has 0 saturated heterocycles. The highest BCUT2D eigenvalue weighted by molar-refractivity contribution is 9.10. The van der Waals surface area contributed by atoms with Gasteiger partial charge in [-0.3, -0.25) is 19.8 Å². The van der Waals surface area contributed by atoms with Crippen LogP contribution in [0.25, 0.3) is 10.9 Å². The monoisotopic (exact) mass is 550 g/mol. The Hall–Kier alpha value is -4.31. The molecule has 0 aliphatic heterocycles.